The molecule has 1 aromatic heterocycles. The van der Waals surface area contributed by atoms with Crippen LogP contribution in [0.5, 0.6) is 0 Å². The molecule has 0 atom stereocenters. The van der Waals surface area contributed by atoms with Gasteiger partial charge < -0.3 is 10.2 Å². The second-order valence-electron chi connectivity index (χ2n) is 8.30. The van der Waals surface area contributed by atoms with E-state index < -0.39 is 0 Å². The molecule has 1 N–H and O–H groups in total. The second-order valence-corrected chi connectivity index (χ2v) is 8.30. The van der Waals surface area contributed by atoms with E-state index in [1.807, 2.05) is 33.8 Å². The van der Waals surface area contributed by atoms with E-state index in [0.29, 0.717) is 18.2 Å². The van der Waals surface area contributed by atoms with Crippen LogP contribution in [0, 0.1) is 0 Å². The predicted octanol–water partition coefficient (Wildman–Crippen LogP) is 2.45. The number of rotatable bonds is 3. The number of benzene rings is 1. The third-order valence-corrected chi connectivity index (χ3v) is 6.55. The molecule has 6 heteroatoms. The Hall–Kier alpha value is -2.63. The highest BCUT2D eigenvalue weighted by atomic mass is 16.2. The number of fused-ring (bicyclic) bond motifs is 1. The van der Waals surface area contributed by atoms with Crippen LogP contribution in [0.2, 0.25) is 0 Å². The molecule has 2 fully saturated rings. The maximum absolute atomic E-state index is 13.2. The molecule has 5 rings (SSSR count). The van der Waals surface area contributed by atoms with Gasteiger partial charge in [0.1, 0.15) is 5.69 Å². The number of piperidine rings is 1. The molecule has 1 saturated heterocycles. The molecule has 3 heterocycles. The summed E-state index contributed by atoms with van der Waals surface area (Å²) in [6, 6.07) is 12.2. The molecule has 1 aliphatic carbocycles. The summed E-state index contributed by atoms with van der Waals surface area (Å²) in [7, 11) is 0. The summed E-state index contributed by atoms with van der Waals surface area (Å²) >= 11 is 0. The van der Waals surface area contributed by atoms with Gasteiger partial charge in [0, 0.05) is 32.1 Å². The number of likely N-dealkylation sites (tertiary alicyclic amines) is 1. The maximum atomic E-state index is 13.2. The average Bonchev–Trinajstić information content (AvgIpc) is 3.48. The van der Waals surface area contributed by atoms with E-state index in [-0.39, 0.29) is 17.2 Å². The number of amides is 2. The molecule has 0 unspecified atom stereocenters. The Morgan fingerprint density at radius 3 is 2.57 bits per heavy atom. The van der Waals surface area contributed by atoms with Crippen LogP contribution in [-0.4, -0.2) is 46.1 Å². The number of hydrogen-bond donors (Lipinski definition) is 1. The first-order valence-corrected chi connectivity index (χ1v) is 10.4. The Balaban J connectivity index is 1.27. The van der Waals surface area contributed by atoms with Crippen molar-refractivity contribution in [3.05, 3.63) is 53.3 Å². The third-order valence-electron chi connectivity index (χ3n) is 6.55. The zero-order valence-electron chi connectivity index (χ0n) is 16.1. The van der Waals surface area contributed by atoms with Crippen LogP contribution >= 0.6 is 0 Å². The van der Waals surface area contributed by atoms with Crippen LogP contribution in [0.3, 0.4) is 0 Å². The van der Waals surface area contributed by atoms with Crippen LogP contribution in [-0.2, 0) is 16.8 Å². The lowest BCUT2D eigenvalue weighted by molar-refractivity contribution is -0.135. The quantitative estimate of drug-likeness (QED) is 0.892. The van der Waals surface area contributed by atoms with Crippen LogP contribution in [0.1, 0.15) is 59.8 Å². The molecule has 3 aliphatic rings. The lowest BCUT2D eigenvalue weighted by Gasteiger charge is -2.34. The average molecular weight is 378 g/mol. The molecule has 0 spiro atoms. The first kappa shape index (κ1) is 17.5. The molecule has 146 valence electrons. The molecular weight excluding hydrogens is 352 g/mol. The minimum Gasteiger partial charge on any atom is -0.351 e. The summed E-state index contributed by atoms with van der Waals surface area (Å²) in [6.45, 7) is 3.03. The topological polar surface area (TPSA) is 67.2 Å². The van der Waals surface area contributed by atoms with E-state index in [2.05, 4.69) is 17.4 Å². The van der Waals surface area contributed by atoms with Gasteiger partial charge in [0.15, 0.2) is 0 Å². The molecule has 1 aromatic carbocycles. The number of nitrogens with one attached hydrogen (secondary N) is 1. The van der Waals surface area contributed by atoms with Crippen molar-refractivity contribution >= 4 is 11.8 Å². The van der Waals surface area contributed by atoms with Crippen molar-refractivity contribution in [2.75, 3.05) is 19.6 Å². The van der Waals surface area contributed by atoms with E-state index in [1.165, 1.54) is 0 Å². The molecule has 1 saturated carbocycles. The minimum absolute atomic E-state index is 0.0256. The van der Waals surface area contributed by atoms with Gasteiger partial charge in [-0.15, -0.1) is 0 Å². The van der Waals surface area contributed by atoms with E-state index in [1.54, 1.807) is 0 Å². The molecule has 0 bridgehead atoms. The Morgan fingerprint density at radius 2 is 1.86 bits per heavy atom. The SMILES string of the molecule is O=C1NCCCn2nc(C3CCN(C(=O)C4(c5ccccc5)CC4)CC3)cc21. The lowest BCUT2D eigenvalue weighted by Crippen LogP contribution is -2.43. The van der Waals surface area contributed by atoms with Gasteiger partial charge in [-0.05, 0) is 43.7 Å². The summed E-state index contributed by atoms with van der Waals surface area (Å²) in [5.74, 6) is 0.586. The highest BCUT2D eigenvalue weighted by Crippen LogP contribution is 2.50. The zero-order valence-corrected chi connectivity index (χ0v) is 16.1. The van der Waals surface area contributed by atoms with Crippen LogP contribution < -0.4 is 5.32 Å². The number of carbonyl (C=O) groups excluding carboxylic acids is 2. The molecule has 2 amide bonds. The van der Waals surface area contributed by atoms with Crippen LogP contribution in [0.4, 0.5) is 0 Å². The van der Waals surface area contributed by atoms with Gasteiger partial charge in [-0.3, -0.25) is 14.3 Å². The Bertz CT molecular complexity index is 893. The molecule has 0 radical (unpaired) electrons. The normalized spacial score (nSPS) is 21.6. The minimum atomic E-state index is -0.280. The second kappa shape index (κ2) is 6.76. The number of carbonyl (C=O) groups is 2. The van der Waals surface area contributed by atoms with Crippen molar-refractivity contribution in [1.82, 2.24) is 20.0 Å². The third kappa shape index (κ3) is 2.91. The van der Waals surface area contributed by atoms with E-state index in [9.17, 15) is 9.59 Å². The Morgan fingerprint density at radius 1 is 1.11 bits per heavy atom. The predicted molar refractivity (Wildman–Crippen MR) is 105 cm³/mol. The largest absolute Gasteiger partial charge is 0.351 e. The number of aryl methyl sites for hydroxylation is 1. The summed E-state index contributed by atoms with van der Waals surface area (Å²) in [5, 5.41) is 7.64. The first-order valence-electron chi connectivity index (χ1n) is 10.4. The van der Waals surface area contributed by atoms with Crippen molar-refractivity contribution in [2.45, 2.75) is 50.0 Å². The standard InChI is InChI=1S/C22H26N4O2/c27-20-19-15-18(24-26(19)12-4-11-23-20)16-7-13-25(14-8-16)21(28)22(9-10-22)17-5-2-1-3-6-17/h1-3,5-6,15-16H,4,7-14H2,(H,23,27). The van der Waals surface area contributed by atoms with Gasteiger partial charge in [0.2, 0.25) is 5.91 Å². The highest BCUT2D eigenvalue weighted by molar-refractivity contribution is 5.93. The lowest BCUT2D eigenvalue weighted by atomic mass is 9.90. The fourth-order valence-corrected chi connectivity index (χ4v) is 4.70. The Kier molecular flexibility index (Phi) is 4.22. The van der Waals surface area contributed by atoms with Crippen LogP contribution in [0.15, 0.2) is 36.4 Å². The summed E-state index contributed by atoms with van der Waals surface area (Å²) in [4.78, 5) is 27.4. The summed E-state index contributed by atoms with van der Waals surface area (Å²) in [6.07, 6.45) is 4.65. The van der Waals surface area contributed by atoms with Gasteiger partial charge in [0.25, 0.3) is 5.91 Å². The highest BCUT2D eigenvalue weighted by Gasteiger charge is 2.53. The summed E-state index contributed by atoms with van der Waals surface area (Å²) < 4.78 is 1.85. The number of aromatic nitrogens is 2. The molecule has 6 nitrogen and oxygen atoms in total. The van der Waals surface area contributed by atoms with Crippen molar-refractivity contribution < 1.29 is 9.59 Å². The van der Waals surface area contributed by atoms with Crippen molar-refractivity contribution in [3.8, 4) is 0 Å². The fraction of sp³-hybridized carbons (Fsp3) is 0.500. The summed E-state index contributed by atoms with van der Waals surface area (Å²) in [5.41, 5.74) is 2.55. The smallest absolute Gasteiger partial charge is 0.269 e. The molecule has 2 aromatic rings. The fourth-order valence-electron chi connectivity index (χ4n) is 4.70. The van der Waals surface area contributed by atoms with E-state index in [4.69, 9.17) is 5.10 Å². The van der Waals surface area contributed by atoms with Gasteiger partial charge in [0.05, 0.1) is 11.1 Å². The zero-order chi connectivity index (χ0) is 19.1. The van der Waals surface area contributed by atoms with Crippen molar-refractivity contribution in [2.24, 2.45) is 0 Å². The molecule has 2 aliphatic heterocycles. The van der Waals surface area contributed by atoms with E-state index >= 15 is 0 Å². The monoisotopic (exact) mass is 378 g/mol. The van der Waals surface area contributed by atoms with Crippen molar-refractivity contribution in [3.63, 3.8) is 0 Å². The van der Waals surface area contributed by atoms with Gasteiger partial charge in [-0.2, -0.15) is 5.10 Å². The first-order chi connectivity index (χ1) is 13.7. The van der Waals surface area contributed by atoms with Gasteiger partial charge in [-0.1, -0.05) is 30.3 Å². The van der Waals surface area contributed by atoms with Crippen LogP contribution in [0.25, 0.3) is 0 Å². The number of hydrogen-bond acceptors (Lipinski definition) is 3. The molecular formula is C22H26N4O2. The molecule has 28 heavy (non-hydrogen) atoms. The maximum Gasteiger partial charge on any atom is 0.269 e. The van der Waals surface area contributed by atoms with Gasteiger partial charge >= 0.3 is 0 Å². The van der Waals surface area contributed by atoms with E-state index in [0.717, 1.165) is 63.0 Å². The Labute approximate surface area is 164 Å². The number of nitrogens with zero attached hydrogens (tertiary/aromatic N) is 3. The van der Waals surface area contributed by atoms with Crippen molar-refractivity contribution in [1.29, 1.82) is 0 Å². The van der Waals surface area contributed by atoms with Gasteiger partial charge in [-0.25, -0.2) is 0 Å².